The van der Waals surface area contributed by atoms with Gasteiger partial charge in [0.2, 0.25) is 0 Å². The fourth-order valence-electron chi connectivity index (χ4n) is 3.81. The van der Waals surface area contributed by atoms with Gasteiger partial charge < -0.3 is 0 Å². The van der Waals surface area contributed by atoms with E-state index in [1.165, 1.54) is 43.1 Å². The van der Waals surface area contributed by atoms with Crippen LogP contribution in [0.5, 0.6) is 0 Å². The summed E-state index contributed by atoms with van der Waals surface area (Å²) in [5.41, 5.74) is 0. The largest absolute Gasteiger partial charge is 2.00 e. The minimum absolute atomic E-state index is 0. The summed E-state index contributed by atoms with van der Waals surface area (Å²) in [5.74, 6) is 0. The normalized spacial score (nSPS) is 10.7. The van der Waals surface area contributed by atoms with Crippen molar-refractivity contribution in [3.05, 3.63) is 109 Å². The Balaban J connectivity index is 0.000000129. The van der Waals surface area contributed by atoms with E-state index in [0.717, 1.165) is 0 Å². The van der Waals surface area contributed by atoms with Crippen LogP contribution in [-0.4, -0.2) is 0 Å². The summed E-state index contributed by atoms with van der Waals surface area (Å²) in [6, 6.07) is 38.5. The zero-order valence-electron chi connectivity index (χ0n) is 14.9. The van der Waals surface area contributed by atoms with Crippen LogP contribution in [0.1, 0.15) is 0 Å². The molecule has 0 aliphatic rings. The number of rotatable bonds is 0. The molecule has 0 saturated carbocycles. The maximum atomic E-state index is 2.24. The van der Waals surface area contributed by atoms with E-state index in [0.29, 0.717) is 0 Å². The maximum absolute atomic E-state index is 2.24. The van der Waals surface area contributed by atoms with E-state index in [1.807, 2.05) is 0 Å². The fourth-order valence-corrected chi connectivity index (χ4v) is 3.81. The molecule has 1 heteroatoms. The Bertz CT molecular complexity index is 1130. The van der Waals surface area contributed by atoms with Crippen LogP contribution in [-0.2, 0) is 21.7 Å². The molecule has 0 radical (unpaired) electrons. The van der Waals surface area contributed by atoms with Gasteiger partial charge in [-0.15, -0.1) is 79.5 Å². The van der Waals surface area contributed by atoms with Gasteiger partial charge in [0.05, 0.1) is 0 Å². The number of hydrogen-bond donors (Lipinski definition) is 0. The first kappa shape index (κ1) is 17.7. The van der Waals surface area contributed by atoms with E-state index in [1.54, 1.807) is 0 Å². The summed E-state index contributed by atoms with van der Waals surface area (Å²) < 4.78 is 0. The van der Waals surface area contributed by atoms with E-state index >= 15 is 0 Å². The molecule has 6 aromatic carbocycles. The summed E-state index contributed by atoms with van der Waals surface area (Å²) >= 11 is 0. The molecule has 6 rings (SSSR count). The maximum Gasteiger partial charge on any atom is 2.00 e. The Morgan fingerprint density at radius 2 is 0.556 bits per heavy atom. The quantitative estimate of drug-likeness (QED) is 0.191. The molecule has 27 heavy (non-hydrogen) atoms. The van der Waals surface area contributed by atoms with Crippen LogP contribution in [0.15, 0.2) is 109 Å². The van der Waals surface area contributed by atoms with Crippen LogP contribution < -0.4 is 0 Å². The molecule has 0 aliphatic carbocycles. The van der Waals surface area contributed by atoms with Gasteiger partial charge in [-0.3, -0.25) is 0 Å². The predicted molar refractivity (Wildman–Crippen MR) is 114 cm³/mol. The van der Waals surface area contributed by atoms with E-state index in [-0.39, 0.29) is 21.7 Å². The average molecular weight is 378 g/mol. The molecule has 0 spiro atoms. The summed E-state index contributed by atoms with van der Waals surface area (Å²) in [5, 5.41) is 10.8. The molecule has 0 fully saturated rings. The minimum atomic E-state index is 0. The zero-order valence-corrected chi connectivity index (χ0v) is 16.5. The molecule has 0 aliphatic heterocycles. The summed E-state index contributed by atoms with van der Waals surface area (Å²) in [7, 11) is 0. The molecule has 0 atom stereocenters. The van der Waals surface area contributed by atoms with Crippen molar-refractivity contribution in [1.82, 2.24) is 0 Å². The van der Waals surface area contributed by atoms with Crippen molar-refractivity contribution in [2.75, 3.05) is 0 Å². The molecule has 0 N–H and O–H groups in total. The standard InChI is InChI=1S/2C13H9.Ti/c2*1-3-7-12-10(5-1)9-11-6-2-4-8-13(11)12;/h2*1-9H;/q2*-1;+2. The van der Waals surface area contributed by atoms with Crippen molar-refractivity contribution in [2.24, 2.45) is 0 Å². The third-order valence-corrected chi connectivity index (χ3v) is 5.05. The predicted octanol–water partition coefficient (Wildman–Crippen LogP) is 7.42. The first-order chi connectivity index (χ1) is 12.9. The second kappa shape index (κ2) is 7.52. The van der Waals surface area contributed by atoms with Gasteiger partial charge in [0.15, 0.2) is 0 Å². The third kappa shape index (κ3) is 3.23. The van der Waals surface area contributed by atoms with Gasteiger partial charge in [-0.1, -0.05) is 72.8 Å². The van der Waals surface area contributed by atoms with Crippen molar-refractivity contribution in [3.63, 3.8) is 0 Å². The Morgan fingerprint density at radius 1 is 0.333 bits per heavy atom. The van der Waals surface area contributed by atoms with E-state index < -0.39 is 0 Å². The van der Waals surface area contributed by atoms with Crippen LogP contribution in [0.3, 0.4) is 0 Å². The monoisotopic (exact) mass is 378 g/mol. The van der Waals surface area contributed by atoms with Gasteiger partial charge in [0.1, 0.15) is 0 Å². The van der Waals surface area contributed by atoms with Crippen molar-refractivity contribution in [3.8, 4) is 0 Å². The second-order valence-corrected chi connectivity index (χ2v) is 6.64. The van der Waals surface area contributed by atoms with Crippen molar-refractivity contribution in [1.29, 1.82) is 0 Å². The molecule has 0 heterocycles. The zero-order chi connectivity index (χ0) is 17.3. The molecule has 126 valence electrons. The molecule has 6 aromatic rings. The Morgan fingerprint density at radius 3 is 0.815 bits per heavy atom. The van der Waals surface area contributed by atoms with Gasteiger partial charge in [-0.2, -0.15) is 0 Å². The van der Waals surface area contributed by atoms with Crippen LogP contribution >= 0.6 is 0 Å². The topological polar surface area (TPSA) is 0 Å². The average Bonchev–Trinajstić information content (AvgIpc) is 3.27. The Hall–Kier alpha value is -2.67. The smallest absolute Gasteiger partial charge is 0.126 e. The molecule has 0 nitrogen and oxygen atoms in total. The number of fused-ring (bicyclic) bond motifs is 6. The SMILES string of the molecule is [Ti+2].c1ccc2c(c1)[cH-]c1ccccc12.c1ccc2c(c1)[cH-]c1ccccc12. The summed E-state index contributed by atoms with van der Waals surface area (Å²) in [6.07, 6.45) is 0. The fraction of sp³-hybridized carbons (Fsp3) is 0. The van der Waals surface area contributed by atoms with Gasteiger partial charge in [-0.05, 0) is 0 Å². The van der Waals surface area contributed by atoms with Crippen LogP contribution in [0, 0.1) is 0 Å². The first-order valence-corrected chi connectivity index (χ1v) is 8.96. The molecular weight excluding hydrogens is 360 g/mol. The van der Waals surface area contributed by atoms with E-state index in [2.05, 4.69) is 109 Å². The van der Waals surface area contributed by atoms with E-state index in [9.17, 15) is 0 Å². The first-order valence-electron chi connectivity index (χ1n) is 8.96. The van der Waals surface area contributed by atoms with Gasteiger partial charge in [0, 0.05) is 0 Å². The summed E-state index contributed by atoms with van der Waals surface area (Å²) in [6.45, 7) is 0. The number of benzene rings is 4. The Kier molecular flexibility index (Phi) is 4.94. The molecule has 0 saturated heterocycles. The molecule has 0 aromatic heterocycles. The van der Waals surface area contributed by atoms with Crippen molar-refractivity contribution in [2.45, 2.75) is 0 Å². The Labute approximate surface area is 173 Å². The second-order valence-electron chi connectivity index (χ2n) is 6.64. The van der Waals surface area contributed by atoms with Gasteiger partial charge in [-0.25, -0.2) is 0 Å². The van der Waals surface area contributed by atoms with Crippen molar-refractivity contribution < 1.29 is 21.7 Å². The molecule has 0 amide bonds. The third-order valence-electron chi connectivity index (χ3n) is 5.05. The molecule has 0 unspecified atom stereocenters. The van der Waals surface area contributed by atoms with Gasteiger partial charge >= 0.3 is 21.7 Å². The van der Waals surface area contributed by atoms with Crippen LogP contribution in [0.4, 0.5) is 0 Å². The van der Waals surface area contributed by atoms with Crippen LogP contribution in [0.2, 0.25) is 0 Å². The van der Waals surface area contributed by atoms with Crippen LogP contribution in [0.25, 0.3) is 43.1 Å². The summed E-state index contributed by atoms with van der Waals surface area (Å²) in [4.78, 5) is 0. The van der Waals surface area contributed by atoms with Crippen molar-refractivity contribution >= 4 is 43.1 Å². The minimum Gasteiger partial charge on any atom is -0.126 e. The molecular formula is C26H18Ti. The molecule has 0 bridgehead atoms. The van der Waals surface area contributed by atoms with E-state index in [4.69, 9.17) is 0 Å². The van der Waals surface area contributed by atoms with Gasteiger partial charge in [0.25, 0.3) is 0 Å². The number of hydrogen-bond acceptors (Lipinski definition) is 0.